The lowest BCUT2D eigenvalue weighted by atomic mass is 10.2. The summed E-state index contributed by atoms with van der Waals surface area (Å²) >= 11 is 0. The molecule has 0 saturated carbocycles. The van der Waals surface area contributed by atoms with Gasteiger partial charge in [0, 0.05) is 45.3 Å². The summed E-state index contributed by atoms with van der Waals surface area (Å²) in [7, 11) is 0. The largest absolute Gasteiger partial charge is 0.339 e. The van der Waals surface area contributed by atoms with Crippen LogP contribution in [0.5, 0.6) is 0 Å². The van der Waals surface area contributed by atoms with Crippen LogP contribution < -0.4 is 4.90 Å². The lowest BCUT2D eigenvalue weighted by molar-refractivity contribution is -0.132. The Morgan fingerprint density at radius 1 is 0.929 bits per heavy atom. The molecule has 1 saturated heterocycles. The van der Waals surface area contributed by atoms with Gasteiger partial charge in [0.1, 0.15) is 6.54 Å². The number of amides is 2. The Morgan fingerprint density at radius 3 is 2.14 bits per heavy atom. The average molecular weight is 377 g/mol. The van der Waals surface area contributed by atoms with Crippen molar-refractivity contribution in [3.63, 3.8) is 0 Å². The van der Waals surface area contributed by atoms with Crippen molar-refractivity contribution < 1.29 is 9.59 Å². The van der Waals surface area contributed by atoms with Crippen LogP contribution in [0, 0.1) is 0 Å². The predicted octanol–water partition coefficient (Wildman–Crippen LogP) is 2.90. The van der Waals surface area contributed by atoms with Gasteiger partial charge in [0.15, 0.2) is 0 Å². The summed E-state index contributed by atoms with van der Waals surface area (Å²) in [5.41, 5.74) is 1.95. The number of anilines is 1. The summed E-state index contributed by atoms with van der Waals surface area (Å²) < 4.78 is 0. The van der Waals surface area contributed by atoms with Gasteiger partial charge in [-0.1, -0.05) is 60.7 Å². The Balaban J connectivity index is 1.48. The van der Waals surface area contributed by atoms with Crippen molar-refractivity contribution in [2.75, 3.05) is 44.2 Å². The number of rotatable bonds is 6. The molecular weight excluding hydrogens is 350 g/mol. The van der Waals surface area contributed by atoms with Crippen LogP contribution in [0.15, 0.2) is 66.7 Å². The minimum Gasteiger partial charge on any atom is -0.339 e. The minimum atomic E-state index is -0.121. The van der Waals surface area contributed by atoms with Crippen molar-refractivity contribution in [1.29, 1.82) is 0 Å². The van der Waals surface area contributed by atoms with E-state index in [-0.39, 0.29) is 18.4 Å². The number of hydrogen-bond donors (Lipinski definition) is 0. The standard InChI is InChI=1S/C23H27N3O2/c1-20(27)26(22-12-6-3-7-13-22)19-23(28)25-17-15-24(16-18-25)14-8-11-21-9-4-2-5-10-21/h2-13H,14-19H2,1H3/b11-8+. The van der Waals surface area contributed by atoms with Gasteiger partial charge in [0.05, 0.1) is 0 Å². The van der Waals surface area contributed by atoms with E-state index >= 15 is 0 Å². The second-order valence-corrected chi connectivity index (χ2v) is 6.94. The van der Waals surface area contributed by atoms with Crippen molar-refractivity contribution in [2.24, 2.45) is 0 Å². The molecule has 1 aliphatic rings. The van der Waals surface area contributed by atoms with E-state index in [1.54, 1.807) is 0 Å². The molecule has 5 nitrogen and oxygen atoms in total. The fourth-order valence-electron chi connectivity index (χ4n) is 3.31. The summed E-state index contributed by atoms with van der Waals surface area (Å²) in [6.07, 6.45) is 4.29. The maximum Gasteiger partial charge on any atom is 0.242 e. The van der Waals surface area contributed by atoms with E-state index in [2.05, 4.69) is 29.2 Å². The molecule has 0 aliphatic carbocycles. The first-order valence-corrected chi connectivity index (χ1v) is 9.68. The maximum atomic E-state index is 12.7. The van der Waals surface area contributed by atoms with Gasteiger partial charge < -0.3 is 9.80 Å². The summed E-state index contributed by atoms with van der Waals surface area (Å²) in [6, 6.07) is 19.6. The van der Waals surface area contributed by atoms with Crippen LogP contribution in [0.25, 0.3) is 6.08 Å². The van der Waals surface area contributed by atoms with Gasteiger partial charge in [0.25, 0.3) is 0 Å². The molecule has 0 spiro atoms. The fraction of sp³-hybridized carbons (Fsp3) is 0.304. The van der Waals surface area contributed by atoms with Gasteiger partial charge in [0.2, 0.25) is 11.8 Å². The van der Waals surface area contributed by atoms with E-state index in [9.17, 15) is 9.59 Å². The number of para-hydroxylation sites is 1. The molecule has 2 aromatic rings. The zero-order chi connectivity index (χ0) is 19.8. The number of nitrogens with zero attached hydrogens (tertiary/aromatic N) is 3. The van der Waals surface area contributed by atoms with Crippen LogP contribution in [-0.4, -0.2) is 60.9 Å². The first kappa shape index (κ1) is 19.8. The van der Waals surface area contributed by atoms with Crippen molar-refractivity contribution in [3.05, 3.63) is 72.3 Å². The smallest absolute Gasteiger partial charge is 0.242 e. The highest BCUT2D eigenvalue weighted by molar-refractivity contribution is 5.97. The molecule has 1 fully saturated rings. The molecule has 0 unspecified atom stereocenters. The number of carbonyl (C=O) groups excluding carboxylic acids is 2. The van der Waals surface area contributed by atoms with Crippen molar-refractivity contribution >= 4 is 23.6 Å². The van der Waals surface area contributed by atoms with Crippen LogP contribution in [0.4, 0.5) is 5.69 Å². The SMILES string of the molecule is CC(=O)N(CC(=O)N1CCN(C/C=C/c2ccccc2)CC1)c1ccccc1. The van der Waals surface area contributed by atoms with Crippen molar-refractivity contribution in [2.45, 2.75) is 6.92 Å². The Bertz CT molecular complexity index is 797. The monoisotopic (exact) mass is 377 g/mol. The molecule has 0 radical (unpaired) electrons. The third kappa shape index (κ3) is 5.54. The Morgan fingerprint density at radius 2 is 1.54 bits per heavy atom. The van der Waals surface area contributed by atoms with Gasteiger partial charge in [-0.25, -0.2) is 0 Å². The molecule has 1 heterocycles. The molecule has 146 valence electrons. The summed E-state index contributed by atoms with van der Waals surface area (Å²) in [4.78, 5) is 30.4. The molecule has 28 heavy (non-hydrogen) atoms. The highest BCUT2D eigenvalue weighted by Gasteiger charge is 2.23. The highest BCUT2D eigenvalue weighted by atomic mass is 16.2. The topological polar surface area (TPSA) is 43.9 Å². The normalized spacial score (nSPS) is 15.0. The molecule has 5 heteroatoms. The Labute approximate surface area is 166 Å². The molecule has 2 aromatic carbocycles. The average Bonchev–Trinajstić information content (AvgIpc) is 2.73. The van der Waals surface area contributed by atoms with Crippen molar-refractivity contribution in [3.8, 4) is 0 Å². The molecular formula is C23H27N3O2. The van der Waals surface area contributed by atoms with E-state index in [4.69, 9.17) is 0 Å². The lowest BCUT2D eigenvalue weighted by Crippen LogP contribution is -2.51. The molecule has 0 atom stereocenters. The van der Waals surface area contributed by atoms with E-state index in [1.165, 1.54) is 17.4 Å². The van der Waals surface area contributed by atoms with Gasteiger partial charge >= 0.3 is 0 Å². The van der Waals surface area contributed by atoms with E-state index in [0.717, 1.165) is 25.3 Å². The van der Waals surface area contributed by atoms with E-state index in [1.807, 2.05) is 53.4 Å². The van der Waals surface area contributed by atoms with Crippen LogP contribution in [-0.2, 0) is 9.59 Å². The van der Waals surface area contributed by atoms with Crippen LogP contribution in [0.3, 0.4) is 0 Å². The first-order chi connectivity index (χ1) is 13.6. The molecule has 2 amide bonds. The number of piperazine rings is 1. The van der Waals surface area contributed by atoms with E-state index in [0.29, 0.717) is 13.1 Å². The summed E-state index contributed by atoms with van der Waals surface area (Å²) in [5, 5.41) is 0. The van der Waals surface area contributed by atoms with Gasteiger partial charge in [-0.2, -0.15) is 0 Å². The zero-order valence-corrected chi connectivity index (χ0v) is 16.3. The third-order valence-electron chi connectivity index (χ3n) is 4.94. The minimum absolute atomic E-state index is 0.00136. The quantitative estimate of drug-likeness (QED) is 0.778. The fourth-order valence-corrected chi connectivity index (χ4v) is 3.31. The van der Waals surface area contributed by atoms with Crippen LogP contribution >= 0.6 is 0 Å². The van der Waals surface area contributed by atoms with Gasteiger partial charge in [-0.3, -0.25) is 14.5 Å². The van der Waals surface area contributed by atoms with E-state index < -0.39 is 0 Å². The van der Waals surface area contributed by atoms with Gasteiger partial charge in [-0.05, 0) is 17.7 Å². The second kappa shape index (κ2) is 9.85. The molecule has 0 bridgehead atoms. The second-order valence-electron chi connectivity index (χ2n) is 6.94. The number of carbonyl (C=O) groups is 2. The molecule has 1 aliphatic heterocycles. The third-order valence-corrected chi connectivity index (χ3v) is 4.94. The predicted molar refractivity (Wildman–Crippen MR) is 113 cm³/mol. The van der Waals surface area contributed by atoms with Crippen LogP contribution in [0.2, 0.25) is 0 Å². The maximum absolute atomic E-state index is 12.7. The summed E-state index contributed by atoms with van der Waals surface area (Å²) in [6.45, 7) is 5.54. The van der Waals surface area contributed by atoms with Crippen molar-refractivity contribution in [1.82, 2.24) is 9.80 Å². The number of benzene rings is 2. The first-order valence-electron chi connectivity index (χ1n) is 9.68. The molecule has 0 aromatic heterocycles. The molecule has 3 rings (SSSR count). The zero-order valence-electron chi connectivity index (χ0n) is 16.3. The summed E-state index contributed by atoms with van der Waals surface area (Å²) in [5.74, 6) is -0.122. The number of hydrogen-bond acceptors (Lipinski definition) is 3. The van der Waals surface area contributed by atoms with Crippen LogP contribution in [0.1, 0.15) is 12.5 Å². The Hall–Kier alpha value is -2.92. The highest BCUT2D eigenvalue weighted by Crippen LogP contribution is 2.14. The van der Waals surface area contributed by atoms with Gasteiger partial charge in [-0.15, -0.1) is 0 Å². The molecule has 0 N–H and O–H groups in total. The lowest BCUT2D eigenvalue weighted by Gasteiger charge is -2.35. The Kier molecular flexibility index (Phi) is 6.98.